The summed E-state index contributed by atoms with van der Waals surface area (Å²) < 4.78 is 6.85. The topological polar surface area (TPSA) is 41.9 Å². The van der Waals surface area contributed by atoms with Crippen molar-refractivity contribution in [1.29, 1.82) is 0 Å². The van der Waals surface area contributed by atoms with Gasteiger partial charge in [0.15, 0.2) is 0 Å². The van der Waals surface area contributed by atoms with Crippen LogP contribution < -0.4 is 0 Å². The van der Waals surface area contributed by atoms with Crippen molar-refractivity contribution in [3.63, 3.8) is 0 Å². The normalized spacial score (nSPS) is 22.5. The van der Waals surface area contributed by atoms with E-state index in [2.05, 4.69) is 4.99 Å². The van der Waals surface area contributed by atoms with Crippen molar-refractivity contribution in [1.82, 2.24) is 4.90 Å². The Morgan fingerprint density at radius 3 is 2.71 bits per heavy atom. The van der Waals surface area contributed by atoms with Gasteiger partial charge in [-0.15, -0.1) is 0 Å². The summed E-state index contributed by atoms with van der Waals surface area (Å²) in [4.78, 5) is 18.5. The van der Waals surface area contributed by atoms with Gasteiger partial charge in [0.2, 0.25) is 0 Å². The van der Waals surface area contributed by atoms with Gasteiger partial charge in [0, 0.05) is 0 Å². The van der Waals surface area contributed by atoms with Gasteiger partial charge in [-0.25, -0.2) is 0 Å². The minimum atomic E-state index is -1.42. The number of allylic oxidation sites excluding steroid dienone is 1. The van der Waals surface area contributed by atoms with Crippen LogP contribution in [0.15, 0.2) is 16.3 Å². The molecule has 2 aliphatic rings. The summed E-state index contributed by atoms with van der Waals surface area (Å²) in [6.45, 7) is 3.91. The maximum atomic E-state index is 12.0. The molecule has 0 fully saturated rings. The number of aliphatic imine (C=N–C) groups is 1. The predicted molar refractivity (Wildman–Crippen MR) is 73.2 cm³/mol. The van der Waals surface area contributed by atoms with Crippen LogP contribution in [-0.4, -0.2) is 47.2 Å². The number of nitrogens with zero attached hydrogens (tertiary/aromatic N) is 2. The van der Waals surface area contributed by atoms with E-state index >= 15 is 0 Å². The third-order valence-electron chi connectivity index (χ3n) is 2.48. The fourth-order valence-electron chi connectivity index (χ4n) is 1.56. The summed E-state index contributed by atoms with van der Waals surface area (Å²) in [6, 6.07) is 0. The first kappa shape index (κ1) is 12.9. The van der Waals surface area contributed by atoms with E-state index in [9.17, 15) is 4.79 Å². The van der Waals surface area contributed by atoms with Crippen molar-refractivity contribution in [2.24, 2.45) is 4.99 Å². The molecule has 94 valence electrons. The van der Waals surface area contributed by atoms with E-state index < -0.39 is 12.7 Å². The van der Waals surface area contributed by atoms with Crippen LogP contribution in [0.3, 0.4) is 0 Å². The van der Waals surface area contributed by atoms with Gasteiger partial charge in [-0.2, -0.15) is 0 Å². The van der Waals surface area contributed by atoms with Crippen molar-refractivity contribution in [3.8, 4) is 0 Å². The molecule has 0 amide bonds. The van der Waals surface area contributed by atoms with Crippen LogP contribution in [0.4, 0.5) is 0 Å². The van der Waals surface area contributed by atoms with E-state index in [-0.39, 0.29) is 5.78 Å². The summed E-state index contributed by atoms with van der Waals surface area (Å²) in [5.41, 5.74) is 0.768. The molecule has 0 aromatic carbocycles. The minimum absolute atomic E-state index is 0.160. The van der Waals surface area contributed by atoms with E-state index in [1.165, 1.54) is 0 Å². The molecule has 4 nitrogen and oxygen atoms in total. The van der Waals surface area contributed by atoms with Crippen molar-refractivity contribution in [2.75, 3.05) is 14.1 Å². The molecule has 2 heterocycles. The predicted octanol–water partition coefficient (Wildman–Crippen LogP) is 1.52. The summed E-state index contributed by atoms with van der Waals surface area (Å²) in [6.07, 6.45) is 1.29. The molecule has 0 saturated heterocycles. The number of hydrogen-bond donors (Lipinski definition) is 0. The second-order valence-electron chi connectivity index (χ2n) is 3.92. The number of carbonyl (C=O) groups excluding carboxylic acids is 1. The second-order valence-corrected chi connectivity index (χ2v) is 9.22. The fraction of sp³-hybridized carbons (Fsp3) is 0.545. The van der Waals surface area contributed by atoms with E-state index in [0.29, 0.717) is 6.42 Å². The van der Waals surface area contributed by atoms with Crippen molar-refractivity contribution in [3.05, 3.63) is 11.3 Å². The number of carbonyl (C=O) groups is 1. The summed E-state index contributed by atoms with van der Waals surface area (Å²) >= 11 is -1.42. The molecule has 6 heteroatoms. The molecule has 1 unspecified atom stereocenters. The molecule has 0 bridgehead atoms. The van der Waals surface area contributed by atoms with Gasteiger partial charge in [0.05, 0.1) is 0 Å². The molecule has 1 atom stereocenters. The third kappa shape index (κ3) is 2.21. The van der Waals surface area contributed by atoms with Gasteiger partial charge in [-0.1, -0.05) is 0 Å². The first-order chi connectivity index (χ1) is 8.08. The standard InChI is InChI=1S/C11H16N2O2SSe/c1-5-7(14)9-8(6-2)15-17-10(9)12-11(16-17)13(3)4/h5-6H2,1-4H3. The average molecular weight is 319 g/mol. The zero-order chi connectivity index (χ0) is 12.6. The second kappa shape index (κ2) is 4.96. The Hall–Kier alpha value is -0.581. The van der Waals surface area contributed by atoms with E-state index in [1.807, 2.05) is 32.8 Å². The van der Waals surface area contributed by atoms with Crippen molar-refractivity contribution < 1.29 is 8.61 Å². The maximum absolute atomic E-state index is 12.0. The Balaban J connectivity index is 2.36. The Kier molecular flexibility index (Phi) is 3.76. The summed E-state index contributed by atoms with van der Waals surface area (Å²) in [5.74, 6) is 1.01. The molecule has 17 heavy (non-hydrogen) atoms. The number of rotatable bonds is 3. The molecule has 0 spiro atoms. The van der Waals surface area contributed by atoms with Crippen molar-refractivity contribution in [2.45, 2.75) is 26.7 Å². The number of Topliss-reactive ketones (excluding diaryl/α,β-unsaturated/α-hetero) is 1. The molecular formula is C11H16N2O2SSe. The molecule has 2 rings (SSSR count). The van der Waals surface area contributed by atoms with Crippen LogP contribution in [0.5, 0.6) is 0 Å². The zero-order valence-corrected chi connectivity index (χ0v) is 13.0. The summed E-state index contributed by atoms with van der Waals surface area (Å²) in [5, 5.41) is 0.960. The van der Waals surface area contributed by atoms with Crippen LogP contribution in [0, 0.1) is 0 Å². The number of amidine groups is 1. The van der Waals surface area contributed by atoms with Gasteiger partial charge < -0.3 is 0 Å². The van der Waals surface area contributed by atoms with E-state index in [4.69, 9.17) is 3.82 Å². The Morgan fingerprint density at radius 1 is 1.47 bits per heavy atom. The van der Waals surface area contributed by atoms with Gasteiger partial charge in [0.1, 0.15) is 0 Å². The number of ketones is 1. The van der Waals surface area contributed by atoms with Gasteiger partial charge in [0.25, 0.3) is 0 Å². The molecule has 0 aromatic heterocycles. The van der Waals surface area contributed by atoms with Crippen molar-refractivity contribution >= 4 is 38.3 Å². The molecule has 2 aliphatic heterocycles. The molecule has 0 saturated carbocycles. The van der Waals surface area contributed by atoms with E-state index in [1.54, 1.807) is 10.2 Å². The average Bonchev–Trinajstić information content (AvgIpc) is 2.83. The first-order valence-electron chi connectivity index (χ1n) is 5.59. The molecule has 0 aliphatic carbocycles. The fourth-order valence-corrected chi connectivity index (χ4v) is 8.14. The summed E-state index contributed by atoms with van der Waals surface area (Å²) in [7, 11) is 5.62. The van der Waals surface area contributed by atoms with Crippen LogP contribution >= 0.6 is 10.2 Å². The Labute approximate surface area is 109 Å². The molecule has 0 N–H and O–H groups in total. The van der Waals surface area contributed by atoms with Crippen LogP contribution in [-0.2, 0) is 8.61 Å². The zero-order valence-electron chi connectivity index (χ0n) is 10.4. The quantitative estimate of drug-likeness (QED) is 0.740. The van der Waals surface area contributed by atoms with Gasteiger partial charge >= 0.3 is 109 Å². The molecule has 0 aromatic rings. The van der Waals surface area contributed by atoms with Crippen LogP contribution in [0.25, 0.3) is 0 Å². The van der Waals surface area contributed by atoms with Crippen LogP contribution in [0.2, 0.25) is 0 Å². The SMILES string of the molecule is CCC(=O)C1=C(CC)O[Se]2=C1N=C(N(C)C)S2. The molecule has 0 radical (unpaired) electrons. The number of hydrogen-bond acceptors (Lipinski definition) is 5. The monoisotopic (exact) mass is 320 g/mol. The van der Waals surface area contributed by atoms with Gasteiger partial charge in [-0.05, 0) is 0 Å². The first-order valence-corrected chi connectivity index (χ1v) is 9.98. The van der Waals surface area contributed by atoms with Gasteiger partial charge in [-0.3, -0.25) is 0 Å². The van der Waals surface area contributed by atoms with E-state index in [0.717, 1.165) is 27.5 Å². The Bertz CT molecular complexity index is 466. The third-order valence-corrected chi connectivity index (χ3v) is 8.32. The Morgan fingerprint density at radius 2 is 2.18 bits per heavy atom. The molecular weight excluding hydrogens is 303 g/mol. The van der Waals surface area contributed by atoms with Crippen LogP contribution in [0.1, 0.15) is 26.7 Å².